The quantitative estimate of drug-likeness (QED) is 0.812. The van der Waals surface area contributed by atoms with Crippen molar-refractivity contribution in [3.8, 4) is 0 Å². The van der Waals surface area contributed by atoms with Crippen LogP contribution < -0.4 is 10.9 Å². The van der Waals surface area contributed by atoms with Gasteiger partial charge in [-0.2, -0.15) is 0 Å². The highest BCUT2D eigenvalue weighted by molar-refractivity contribution is 7.09. The van der Waals surface area contributed by atoms with Crippen molar-refractivity contribution in [1.82, 2.24) is 15.8 Å². The Morgan fingerprint density at radius 1 is 1.28 bits per heavy atom. The fourth-order valence-corrected chi connectivity index (χ4v) is 4.28. The first-order valence-corrected chi connectivity index (χ1v) is 9.79. The van der Waals surface area contributed by atoms with Gasteiger partial charge in [0.2, 0.25) is 5.91 Å². The van der Waals surface area contributed by atoms with Crippen molar-refractivity contribution in [2.75, 3.05) is 6.54 Å². The van der Waals surface area contributed by atoms with Gasteiger partial charge < -0.3 is 4.90 Å². The first kappa shape index (κ1) is 16.5. The van der Waals surface area contributed by atoms with Crippen LogP contribution in [0.2, 0.25) is 0 Å². The van der Waals surface area contributed by atoms with E-state index in [1.54, 1.807) is 17.4 Å². The summed E-state index contributed by atoms with van der Waals surface area (Å²) in [6.45, 7) is 1.53. The minimum Gasteiger partial charge on any atom is -0.317 e. The van der Waals surface area contributed by atoms with Crippen molar-refractivity contribution < 1.29 is 4.79 Å². The summed E-state index contributed by atoms with van der Waals surface area (Å²) in [6, 6.07) is 10.7. The van der Waals surface area contributed by atoms with E-state index in [-0.39, 0.29) is 12.1 Å². The Kier molecular flexibility index (Phi) is 4.97. The molecule has 2 aliphatic rings. The molecule has 1 saturated heterocycles. The molecule has 130 valence electrons. The molecule has 1 amide bonds. The fourth-order valence-electron chi connectivity index (χ4n) is 3.58. The van der Waals surface area contributed by atoms with Crippen LogP contribution in [0.25, 0.3) is 6.08 Å². The average Bonchev–Trinajstić information content (AvgIpc) is 3.39. The first-order valence-electron chi connectivity index (χ1n) is 8.91. The summed E-state index contributed by atoms with van der Waals surface area (Å²) in [7, 11) is 0. The summed E-state index contributed by atoms with van der Waals surface area (Å²) in [4.78, 5) is 16.0. The number of nitrogens with one attached hydrogen (secondary N) is 2. The maximum atomic E-state index is 12.8. The third-order valence-electron chi connectivity index (χ3n) is 4.92. The van der Waals surface area contributed by atoms with Gasteiger partial charge in [-0.15, -0.1) is 11.3 Å². The molecule has 4 rings (SSSR count). The van der Waals surface area contributed by atoms with E-state index in [2.05, 4.69) is 40.5 Å². The van der Waals surface area contributed by atoms with E-state index < -0.39 is 0 Å². The van der Waals surface area contributed by atoms with Crippen LogP contribution in [0, 0.1) is 0 Å². The van der Waals surface area contributed by atoms with E-state index in [0.29, 0.717) is 6.54 Å². The zero-order valence-corrected chi connectivity index (χ0v) is 15.0. The summed E-state index contributed by atoms with van der Waals surface area (Å²) in [5.41, 5.74) is 10.3. The molecular formula is C20H23N3OS. The summed E-state index contributed by atoms with van der Waals surface area (Å²) in [5, 5.41) is 2.05. The number of rotatable bonds is 5. The van der Waals surface area contributed by atoms with Crippen LogP contribution in [0.15, 0.2) is 41.8 Å². The SMILES string of the molecule is O=C(/C=C/c1ccc2c(c1)CCC2)N(Cc1cccs1)C1CCNN1. The molecule has 4 nitrogen and oxygen atoms in total. The molecule has 0 radical (unpaired) electrons. The lowest BCUT2D eigenvalue weighted by Gasteiger charge is -2.27. The number of hydrazine groups is 1. The smallest absolute Gasteiger partial charge is 0.248 e. The summed E-state index contributed by atoms with van der Waals surface area (Å²) < 4.78 is 0. The van der Waals surface area contributed by atoms with Crippen molar-refractivity contribution in [3.05, 3.63) is 63.4 Å². The lowest BCUT2D eigenvalue weighted by Crippen LogP contribution is -2.46. The van der Waals surface area contributed by atoms with E-state index in [1.165, 1.54) is 28.8 Å². The van der Waals surface area contributed by atoms with Crippen molar-refractivity contribution in [2.45, 2.75) is 38.4 Å². The van der Waals surface area contributed by atoms with E-state index in [9.17, 15) is 4.79 Å². The van der Waals surface area contributed by atoms with Crippen LogP contribution in [0.4, 0.5) is 0 Å². The third-order valence-corrected chi connectivity index (χ3v) is 5.78. The monoisotopic (exact) mass is 353 g/mol. The van der Waals surface area contributed by atoms with Crippen molar-refractivity contribution in [2.24, 2.45) is 0 Å². The first-order chi connectivity index (χ1) is 12.3. The standard InChI is InChI=1S/C20H23N3OS/c24-20(9-7-15-6-8-16-3-1-4-17(16)13-15)23(19-10-11-21-22-19)14-18-5-2-12-25-18/h2,5-9,12-13,19,21-22H,1,3-4,10-11,14H2/b9-7+. The molecule has 1 aliphatic carbocycles. The average molecular weight is 353 g/mol. The lowest BCUT2D eigenvalue weighted by atomic mass is 10.1. The predicted octanol–water partition coefficient (Wildman–Crippen LogP) is 3.10. The third kappa shape index (κ3) is 3.84. The van der Waals surface area contributed by atoms with Crippen LogP contribution in [0.3, 0.4) is 0 Å². The van der Waals surface area contributed by atoms with Gasteiger partial charge in [-0.1, -0.05) is 24.3 Å². The maximum Gasteiger partial charge on any atom is 0.248 e. The molecule has 5 heteroatoms. The lowest BCUT2D eigenvalue weighted by molar-refractivity contribution is -0.129. The molecule has 2 heterocycles. The van der Waals surface area contributed by atoms with Crippen molar-refractivity contribution >= 4 is 23.3 Å². The number of aryl methyl sites for hydroxylation is 2. The van der Waals surface area contributed by atoms with Crippen LogP contribution >= 0.6 is 11.3 Å². The number of amides is 1. The molecule has 0 bridgehead atoms. The molecule has 1 unspecified atom stereocenters. The van der Waals surface area contributed by atoms with Crippen LogP contribution in [-0.2, 0) is 24.2 Å². The second kappa shape index (κ2) is 7.52. The van der Waals surface area contributed by atoms with Gasteiger partial charge in [-0.3, -0.25) is 10.2 Å². The molecule has 1 aromatic heterocycles. The molecule has 25 heavy (non-hydrogen) atoms. The van der Waals surface area contributed by atoms with Gasteiger partial charge in [-0.25, -0.2) is 5.43 Å². The highest BCUT2D eigenvalue weighted by Gasteiger charge is 2.25. The molecule has 1 aromatic carbocycles. The molecular weight excluding hydrogens is 330 g/mol. The molecule has 2 N–H and O–H groups in total. The van der Waals surface area contributed by atoms with E-state index in [0.717, 1.165) is 24.9 Å². The molecule has 0 saturated carbocycles. The van der Waals surface area contributed by atoms with Gasteiger partial charge in [0.1, 0.15) is 0 Å². The van der Waals surface area contributed by atoms with Gasteiger partial charge in [-0.05, 0) is 59.9 Å². The van der Waals surface area contributed by atoms with E-state index in [1.807, 2.05) is 17.0 Å². The number of fused-ring (bicyclic) bond motifs is 1. The Labute approximate surface area is 152 Å². The maximum absolute atomic E-state index is 12.8. The number of carbonyl (C=O) groups is 1. The topological polar surface area (TPSA) is 44.4 Å². The van der Waals surface area contributed by atoms with Gasteiger partial charge in [0.05, 0.1) is 12.7 Å². The highest BCUT2D eigenvalue weighted by Crippen LogP contribution is 2.23. The van der Waals surface area contributed by atoms with Crippen LogP contribution in [0.1, 0.15) is 34.4 Å². The fraction of sp³-hybridized carbons (Fsp3) is 0.350. The number of hydrogen-bond donors (Lipinski definition) is 2. The second-order valence-electron chi connectivity index (χ2n) is 6.64. The predicted molar refractivity (Wildman–Crippen MR) is 102 cm³/mol. The zero-order chi connectivity index (χ0) is 17.1. The normalized spacial score (nSPS) is 19.4. The van der Waals surface area contributed by atoms with Crippen LogP contribution in [0.5, 0.6) is 0 Å². The molecule has 2 aromatic rings. The van der Waals surface area contributed by atoms with Gasteiger partial charge in [0.25, 0.3) is 0 Å². The Morgan fingerprint density at radius 3 is 3.00 bits per heavy atom. The van der Waals surface area contributed by atoms with Crippen LogP contribution in [-0.4, -0.2) is 23.5 Å². The Hall–Kier alpha value is -1.95. The van der Waals surface area contributed by atoms with Gasteiger partial charge in [0.15, 0.2) is 0 Å². The van der Waals surface area contributed by atoms with E-state index in [4.69, 9.17) is 0 Å². The summed E-state index contributed by atoms with van der Waals surface area (Å²) in [6.07, 6.45) is 8.22. The molecule has 0 spiro atoms. The second-order valence-corrected chi connectivity index (χ2v) is 7.67. The number of hydrogen-bond acceptors (Lipinski definition) is 4. The Bertz CT molecular complexity index is 763. The molecule has 1 atom stereocenters. The minimum atomic E-state index is 0.0410. The number of thiophene rings is 1. The van der Waals surface area contributed by atoms with Gasteiger partial charge in [0, 0.05) is 17.5 Å². The minimum absolute atomic E-state index is 0.0410. The zero-order valence-electron chi connectivity index (χ0n) is 14.2. The highest BCUT2D eigenvalue weighted by atomic mass is 32.1. The Balaban J connectivity index is 1.49. The Morgan fingerprint density at radius 2 is 2.20 bits per heavy atom. The summed E-state index contributed by atoms with van der Waals surface area (Å²) >= 11 is 1.69. The number of nitrogens with zero attached hydrogens (tertiary/aromatic N) is 1. The van der Waals surface area contributed by atoms with E-state index >= 15 is 0 Å². The molecule has 1 fully saturated rings. The van der Waals surface area contributed by atoms with Crippen molar-refractivity contribution in [3.63, 3.8) is 0 Å². The van der Waals surface area contributed by atoms with Crippen molar-refractivity contribution in [1.29, 1.82) is 0 Å². The number of carbonyl (C=O) groups excluding carboxylic acids is 1. The molecule has 1 aliphatic heterocycles. The summed E-state index contributed by atoms with van der Waals surface area (Å²) in [5.74, 6) is 0.0510. The number of benzene rings is 1. The van der Waals surface area contributed by atoms with Gasteiger partial charge >= 0.3 is 0 Å². The largest absolute Gasteiger partial charge is 0.317 e.